The largest absolute Gasteiger partial charge is 0.380 e. The van der Waals surface area contributed by atoms with Gasteiger partial charge in [0.2, 0.25) is 0 Å². The van der Waals surface area contributed by atoms with Crippen molar-refractivity contribution in [3.05, 3.63) is 64.1 Å². The number of benzene rings is 2. The average Bonchev–Trinajstić information content (AvgIpc) is 2.41. The molecule has 98 valence electrons. The first-order valence-corrected chi connectivity index (χ1v) is 6.63. The van der Waals surface area contributed by atoms with E-state index in [2.05, 4.69) is 21.2 Å². The maximum Gasteiger partial charge on any atom is 0.255 e. The van der Waals surface area contributed by atoms with Gasteiger partial charge in [-0.15, -0.1) is 0 Å². The van der Waals surface area contributed by atoms with E-state index in [1.165, 1.54) is 0 Å². The summed E-state index contributed by atoms with van der Waals surface area (Å²) in [6, 6.07) is 14.9. The fraction of sp³-hybridized carbons (Fsp3) is 0.133. The van der Waals surface area contributed by atoms with Gasteiger partial charge >= 0.3 is 0 Å². The van der Waals surface area contributed by atoms with E-state index in [4.69, 9.17) is 4.74 Å². The highest BCUT2D eigenvalue weighted by Gasteiger charge is 2.06. The normalized spacial score (nSPS) is 10.2. The van der Waals surface area contributed by atoms with Gasteiger partial charge in [-0.3, -0.25) is 4.79 Å². The summed E-state index contributed by atoms with van der Waals surface area (Å²) in [5.41, 5.74) is 2.46. The van der Waals surface area contributed by atoms with Crippen LogP contribution in [0.4, 0.5) is 5.69 Å². The Bertz CT molecular complexity index is 567. The van der Waals surface area contributed by atoms with E-state index in [1.807, 2.05) is 36.4 Å². The van der Waals surface area contributed by atoms with Crippen LogP contribution in [0.3, 0.4) is 0 Å². The van der Waals surface area contributed by atoms with Crippen molar-refractivity contribution in [3.8, 4) is 0 Å². The Morgan fingerprint density at radius 1 is 1.21 bits per heavy atom. The second-order valence-electron chi connectivity index (χ2n) is 4.09. The van der Waals surface area contributed by atoms with Gasteiger partial charge in [-0.1, -0.05) is 34.1 Å². The predicted molar refractivity (Wildman–Crippen MR) is 79.3 cm³/mol. The highest BCUT2D eigenvalue weighted by molar-refractivity contribution is 9.10. The quantitative estimate of drug-likeness (QED) is 0.929. The van der Waals surface area contributed by atoms with E-state index >= 15 is 0 Å². The fourth-order valence-electron chi connectivity index (χ4n) is 1.68. The Kier molecular flexibility index (Phi) is 4.71. The predicted octanol–water partition coefficient (Wildman–Crippen LogP) is 3.85. The average molecular weight is 320 g/mol. The maximum atomic E-state index is 12.0. The summed E-state index contributed by atoms with van der Waals surface area (Å²) in [7, 11) is 1.66. The van der Waals surface area contributed by atoms with E-state index < -0.39 is 0 Å². The lowest BCUT2D eigenvalue weighted by molar-refractivity contribution is 0.102. The number of methoxy groups -OCH3 is 1. The zero-order valence-electron chi connectivity index (χ0n) is 10.5. The molecule has 2 aromatic rings. The molecule has 4 heteroatoms. The van der Waals surface area contributed by atoms with Crippen molar-refractivity contribution in [1.29, 1.82) is 0 Å². The molecule has 3 nitrogen and oxygen atoms in total. The van der Waals surface area contributed by atoms with E-state index in [-0.39, 0.29) is 5.91 Å². The lowest BCUT2D eigenvalue weighted by Gasteiger charge is -2.06. The number of hydrogen-bond acceptors (Lipinski definition) is 2. The van der Waals surface area contributed by atoms with Crippen LogP contribution in [0.25, 0.3) is 0 Å². The van der Waals surface area contributed by atoms with Crippen LogP contribution in [0.5, 0.6) is 0 Å². The van der Waals surface area contributed by atoms with Crippen molar-refractivity contribution >= 4 is 27.5 Å². The molecule has 0 aromatic heterocycles. The van der Waals surface area contributed by atoms with E-state index in [1.54, 1.807) is 19.2 Å². The second kappa shape index (κ2) is 6.50. The Labute approximate surface area is 120 Å². The molecular formula is C15H14BrNO2. The fourth-order valence-corrected chi connectivity index (χ4v) is 2.08. The summed E-state index contributed by atoms with van der Waals surface area (Å²) in [6.45, 7) is 0.569. The van der Waals surface area contributed by atoms with Crippen molar-refractivity contribution < 1.29 is 9.53 Å². The van der Waals surface area contributed by atoms with Gasteiger partial charge in [-0.25, -0.2) is 0 Å². The molecule has 0 unspecified atom stereocenters. The molecule has 19 heavy (non-hydrogen) atoms. The Morgan fingerprint density at radius 2 is 1.95 bits per heavy atom. The van der Waals surface area contributed by atoms with Gasteiger partial charge in [0.05, 0.1) is 6.61 Å². The molecule has 0 aliphatic heterocycles. The third-order valence-corrected chi connectivity index (χ3v) is 3.10. The number of anilines is 1. The smallest absolute Gasteiger partial charge is 0.255 e. The number of carbonyl (C=O) groups excluding carboxylic acids is 1. The Hall–Kier alpha value is -1.65. The van der Waals surface area contributed by atoms with Crippen LogP contribution >= 0.6 is 15.9 Å². The molecule has 0 atom stereocenters. The van der Waals surface area contributed by atoms with Gasteiger partial charge in [-0.2, -0.15) is 0 Å². The highest BCUT2D eigenvalue weighted by Crippen LogP contribution is 2.15. The van der Waals surface area contributed by atoms with Gasteiger partial charge in [0.15, 0.2) is 0 Å². The molecule has 0 bridgehead atoms. The molecule has 0 fully saturated rings. The number of halogens is 1. The molecule has 0 saturated heterocycles. The molecule has 1 amide bonds. The van der Waals surface area contributed by atoms with Gasteiger partial charge in [-0.05, 0) is 35.9 Å². The summed E-state index contributed by atoms with van der Waals surface area (Å²) < 4.78 is 5.92. The minimum absolute atomic E-state index is 0.124. The molecule has 2 rings (SSSR count). The summed E-state index contributed by atoms with van der Waals surface area (Å²) in [5.74, 6) is -0.124. The first-order valence-electron chi connectivity index (χ1n) is 5.84. The molecule has 2 aromatic carbocycles. The lowest BCUT2D eigenvalue weighted by Crippen LogP contribution is -2.11. The van der Waals surface area contributed by atoms with Crippen molar-refractivity contribution in [2.75, 3.05) is 12.4 Å². The molecule has 0 heterocycles. The van der Waals surface area contributed by atoms with Gasteiger partial charge in [0.25, 0.3) is 5.91 Å². The molecule has 0 aliphatic rings. The SMILES string of the molecule is COCc1ccc(NC(=O)c2cccc(Br)c2)cc1. The first-order chi connectivity index (χ1) is 9.19. The van der Waals surface area contributed by atoms with Crippen molar-refractivity contribution in [2.45, 2.75) is 6.61 Å². The van der Waals surface area contributed by atoms with E-state index in [0.29, 0.717) is 12.2 Å². The molecular weight excluding hydrogens is 306 g/mol. The zero-order valence-corrected chi connectivity index (χ0v) is 12.1. The molecule has 0 radical (unpaired) electrons. The molecule has 0 spiro atoms. The van der Waals surface area contributed by atoms with E-state index in [0.717, 1.165) is 15.7 Å². The summed E-state index contributed by atoms with van der Waals surface area (Å²) in [6.07, 6.45) is 0. The van der Waals surface area contributed by atoms with Crippen molar-refractivity contribution in [1.82, 2.24) is 0 Å². The molecule has 0 aliphatic carbocycles. The summed E-state index contributed by atoms with van der Waals surface area (Å²) in [5, 5.41) is 2.85. The van der Waals surface area contributed by atoms with Crippen LogP contribution in [-0.2, 0) is 11.3 Å². The summed E-state index contributed by atoms with van der Waals surface area (Å²) >= 11 is 3.35. The van der Waals surface area contributed by atoms with Gasteiger partial charge < -0.3 is 10.1 Å². The highest BCUT2D eigenvalue weighted by atomic mass is 79.9. The number of hydrogen-bond donors (Lipinski definition) is 1. The van der Waals surface area contributed by atoms with Crippen LogP contribution < -0.4 is 5.32 Å². The van der Waals surface area contributed by atoms with Crippen molar-refractivity contribution in [3.63, 3.8) is 0 Å². The monoisotopic (exact) mass is 319 g/mol. The summed E-state index contributed by atoms with van der Waals surface area (Å²) in [4.78, 5) is 12.0. The minimum Gasteiger partial charge on any atom is -0.380 e. The number of ether oxygens (including phenoxy) is 1. The number of rotatable bonds is 4. The van der Waals surface area contributed by atoms with Crippen molar-refractivity contribution in [2.24, 2.45) is 0 Å². The Morgan fingerprint density at radius 3 is 2.58 bits per heavy atom. The second-order valence-corrected chi connectivity index (χ2v) is 5.01. The van der Waals surface area contributed by atoms with Crippen LogP contribution in [0, 0.1) is 0 Å². The topological polar surface area (TPSA) is 38.3 Å². The zero-order chi connectivity index (χ0) is 13.7. The number of amides is 1. The first kappa shape index (κ1) is 13.8. The van der Waals surface area contributed by atoms with Gasteiger partial charge in [0, 0.05) is 22.8 Å². The van der Waals surface area contributed by atoms with Crippen LogP contribution in [0.2, 0.25) is 0 Å². The standard InChI is InChI=1S/C15H14BrNO2/c1-19-10-11-5-7-14(8-6-11)17-15(18)12-3-2-4-13(16)9-12/h2-9H,10H2,1H3,(H,17,18). The maximum absolute atomic E-state index is 12.0. The molecule has 0 saturated carbocycles. The van der Waals surface area contributed by atoms with Crippen LogP contribution in [0.1, 0.15) is 15.9 Å². The number of nitrogens with one attached hydrogen (secondary N) is 1. The molecule has 1 N–H and O–H groups in total. The van der Waals surface area contributed by atoms with Crippen LogP contribution in [0.15, 0.2) is 53.0 Å². The third-order valence-electron chi connectivity index (χ3n) is 2.61. The third kappa shape index (κ3) is 3.91. The Balaban J connectivity index is 2.06. The number of carbonyl (C=O) groups is 1. The lowest BCUT2D eigenvalue weighted by atomic mass is 10.2. The van der Waals surface area contributed by atoms with Crippen LogP contribution in [-0.4, -0.2) is 13.0 Å². The van der Waals surface area contributed by atoms with Gasteiger partial charge in [0.1, 0.15) is 0 Å². The van der Waals surface area contributed by atoms with E-state index in [9.17, 15) is 4.79 Å². The minimum atomic E-state index is -0.124.